The fourth-order valence-electron chi connectivity index (χ4n) is 2.88. The number of aromatic amines is 1. The van der Waals surface area contributed by atoms with Crippen LogP contribution >= 0.6 is 0 Å². The molecule has 6 heteroatoms. The van der Waals surface area contributed by atoms with Gasteiger partial charge in [0.05, 0.1) is 0 Å². The van der Waals surface area contributed by atoms with E-state index < -0.39 is 0 Å². The Labute approximate surface area is 118 Å². The fraction of sp³-hybridized carbons (Fsp3) is 0.786. The van der Waals surface area contributed by atoms with E-state index in [1.807, 2.05) is 4.90 Å². The van der Waals surface area contributed by atoms with Gasteiger partial charge in [0.2, 0.25) is 0 Å². The van der Waals surface area contributed by atoms with E-state index in [9.17, 15) is 4.79 Å². The van der Waals surface area contributed by atoms with E-state index in [0.29, 0.717) is 12.0 Å². The fourth-order valence-corrected chi connectivity index (χ4v) is 2.88. The van der Waals surface area contributed by atoms with Crippen LogP contribution in [0.5, 0.6) is 0 Å². The number of nitrogens with zero attached hydrogens (tertiary/aromatic N) is 3. The minimum Gasteiger partial charge on any atom is -0.335 e. The second-order valence-corrected chi connectivity index (χ2v) is 6.36. The summed E-state index contributed by atoms with van der Waals surface area (Å²) in [5.74, 6) is 2.84. The molecule has 1 unspecified atom stereocenters. The molecule has 2 N–H and O–H groups in total. The second kappa shape index (κ2) is 4.75. The molecule has 0 radical (unpaired) electrons. The molecule has 0 aromatic carbocycles. The molecule has 3 aliphatic rings. The summed E-state index contributed by atoms with van der Waals surface area (Å²) in [5, 5.41) is 10.5. The van der Waals surface area contributed by atoms with E-state index in [0.717, 1.165) is 50.4 Å². The van der Waals surface area contributed by atoms with Crippen LogP contribution in [0.15, 0.2) is 0 Å². The van der Waals surface area contributed by atoms with Crippen molar-refractivity contribution in [3.8, 4) is 0 Å². The summed E-state index contributed by atoms with van der Waals surface area (Å²) in [4.78, 5) is 18.7. The van der Waals surface area contributed by atoms with Gasteiger partial charge in [0.15, 0.2) is 5.82 Å². The van der Waals surface area contributed by atoms with Crippen molar-refractivity contribution in [2.24, 2.45) is 0 Å². The maximum Gasteiger partial charge on any atom is 0.317 e. The molecular weight excluding hydrogens is 254 g/mol. The third-order valence-corrected chi connectivity index (χ3v) is 4.46. The summed E-state index contributed by atoms with van der Waals surface area (Å²) in [7, 11) is 0. The predicted octanol–water partition coefficient (Wildman–Crippen LogP) is 1.73. The largest absolute Gasteiger partial charge is 0.335 e. The van der Waals surface area contributed by atoms with E-state index in [1.165, 1.54) is 12.8 Å². The van der Waals surface area contributed by atoms with Gasteiger partial charge in [0.25, 0.3) is 0 Å². The topological polar surface area (TPSA) is 73.9 Å². The summed E-state index contributed by atoms with van der Waals surface area (Å²) < 4.78 is 0. The van der Waals surface area contributed by atoms with E-state index in [-0.39, 0.29) is 11.9 Å². The molecule has 2 aliphatic carbocycles. The molecule has 1 aromatic rings. The summed E-state index contributed by atoms with van der Waals surface area (Å²) in [6, 6.07) is 0.517. The lowest BCUT2D eigenvalue weighted by Gasteiger charge is -2.31. The van der Waals surface area contributed by atoms with Crippen molar-refractivity contribution in [2.75, 3.05) is 13.1 Å². The molecule has 6 nitrogen and oxygen atoms in total. The monoisotopic (exact) mass is 275 g/mol. The van der Waals surface area contributed by atoms with Gasteiger partial charge < -0.3 is 10.2 Å². The van der Waals surface area contributed by atoms with Crippen LogP contribution in [-0.2, 0) is 0 Å². The highest BCUT2D eigenvalue weighted by molar-refractivity contribution is 5.75. The van der Waals surface area contributed by atoms with E-state index >= 15 is 0 Å². The van der Waals surface area contributed by atoms with Crippen molar-refractivity contribution in [1.82, 2.24) is 25.4 Å². The second-order valence-electron chi connectivity index (χ2n) is 6.36. The lowest BCUT2D eigenvalue weighted by molar-refractivity contribution is 0.178. The highest BCUT2D eigenvalue weighted by Crippen LogP contribution is 2.38. The SMILES string of the molecule is O=C(NC1CC1)N1CCCC(c2n[nH]c(C3CC3)n2)C1. The molecule has 2 heterocycles. The Morgan fingerprint density at radius 2 is 2.05 bits per heavy atom. The van der Waals surface area contributed by atoms with Crippen LogP contribution < -0.4 is 5.32 Å². The standard InChI is InChI=1S/C14H21N5O/c20-14(15-11-5-6-11)19-7-1-2-10(8-19)13-16-12(17-18-13)9-3-4-9/h9-11H,1-8H2,(H,15,20)(H,16,17,18). The van der Waals surface area contributed by atoms with Gasteiger partial charge in [-0.3, -0.25) is 5.10 Å². The highest BCUT2D eigenvalue weighted by atomic mass is 16.2. The van der Waals surface area contributed by atoms with Gasteiger partial charge in [-0.2, -0.15) is 5.10 Å². The van der Waals surface area contributed by atoms with E-state index in [4.69, 9.17) is 0 Å². The van der Waals surface area contributed by atoms with Crippen molar-refractivity contribution in [2.45, 2.75) is 56.4 Å². The van der Waals surface area contributed by atoms with Gasteiger partial charge in [-0.1, -0.05) is 0 Å². The maximum atomic E-state index is 12.1. The molecule has 0 bridgehead atoms. The molecule has 1 saturated heterocycles. The number of hydrogen-bond donors (Lipinski definition) is 2. The average Bonchev–Trinajstić information content (AvgIpc) is 3.40. The average molecular weight is 275 g/mol. The molecule has 4 rings (SSSR count). The minimum absolute atomic E-state index is 0.0927. The Hall–Kier alpha value is -1.59. The molecule has 3 fully saturated rings. The number of carbonyl (C=O) groups excluding carboxylic acids is 1. The van der Waals surface area contributed by atoms with Crippen LogP contribution in [0.1, 0.15) is 62.0 Å². The van der Waals surface area contributed by atoms with Gasteiger partial charge in [-0.25, -0.2) is 9.78 Å². The third-order valence-electron chi connectivity index (χ3n) is 4.46. The van der Waals surface area contributed by atoms with Gasteiger partial charge >= 0.3 is 6.03 Å². The Morgan fingerprint density at radius 3 is 2.80 bits per heavy atom. The maximum absolute atomic E-state index is 12.1. The molecule has 2 amide bonds. The number of hydrogen-bond acceptors (Lipinski definition) is 3. The number of urea groups is 1. The number of rotatable bonds is 3. The Balaban J connectivity index is 1.40. The number of carbonyl (C=O) groups is 1. The van der Waals surface area contributed by atoms with E-state index in [2.05, 4.69) is 20.5 Å². The zero-order valence-electron chi connectivity index (χ0n) is 11.6. The third kappa shape index (κ3) is 2.51. The molecule has 20 heavy (non-hydrogen) atoms. The molecule has 2 saturated carbocycles. The zero-order chi connectivity index (χ0) is 13.5. The highest BCUT2D eigenvalue weighted by Gasteiger charge is 2.32. The first-order valence-electron chi connectivity index (χ1n) is 7.77. The number of nitrogens with one attached hydrogen (secondary N) is 2. The smallest absolute Gasteiger partial charge is 0.317 e. The molecule has 0 spiro atoms. The Morgan fingerprint density at radius 1 is 1.20 bits per heavy atom. The van der Waals surface area contributed by atoms with Crippen molar-refractivity contribution in [3.05, 3.63) is 11.6 Å². The normalized spacial score (nSPS) is 26.6. The lowest BCUT2D eigenvalue weighted by atomic mass is 9.97. The number of aromatic nitrogens is 3. The summed E-state index contributed by atoms with van der Waals surface area (Å²) >= 11 is 0. The van der Waals surface area contributed by atoms with E-state index in [1.54, 1.807) is 0 Å². The minimum atomic E-state index is 0.0927. The zero-order valence-corrected chi connectivity index (χ0v) is 11.6. The first-order chi connectivity index (χ1) is 9.79. The van der Waals surface area contributed by atoms with Crippen LogP contribution in [0.3, 0.4) is 0 Å². The van der Waals surface area contributed by atoms with Crippen LogP contribution in [0.2, 0.25) is 0 Å². The molecular formula is C14H21N5O. The number of amides is 2. The number of H-pyrrole nitrogens is 1. The predicted molar refractivity (Wildman–Crippen MR) is 73.5 cm³/mol. The Kier molecular flexibility index (Phi) is 2.89. The van der Waals surface area contributed by atoms with Gasteiger partial charge in [0, 0.05) is 31.0 Å². The number of likely N-dealkylation sites (tertiary alicyclic amines) is 1. The van der Waals surface area contributed by atoms with Gasteiger partial charge in [-0.05, 0) is 38.5 Å². The quantitative estimate of drug-likeness (QED) is 0.882. The first-order valence-corrected chi connectivity index (χ1v) is 7.77. The van der Waals surface area contributed by atoms with Crippen LogP contribution in [0.4, 0.5) is 4.79 Å². The molecule has 108 valence electrons. The summed E-state index contributed by atoms with van der Waals surface area (Å²) in [6.07, 6.45) is 6.85. The molecule has 1 atom stereocenters. The van der Waals surface area contributed by atoms with Crippen LogP contribution in [0.25, 0.3) is 0 Å². The Bertz CT molecular complexity index is 505. The lowest BCUT2D eigenvalue weighted by Crippen LogP contribution is -2.45. The van der Waals surface area contributed by atoms with Gasteiger partial charge in [0.1, 0.15) is 5.82 Å². The van der Waals surface area contributed by atoms with Crippen LogP contribution in [-0.4, -0.2) is 45.2 Å². The van der Waals surface area contributed by atoms with Crippen LogP contribution in [0, 0.1) is 0 Å². The molecule has 1 aliphatic heterocycles. The van der Waals surface area contributed by atoms with Gasteiger partial charge in [-0.15, -0.1) is 0 Å². The van der Waals surface area contributed by atoms with Crippen molar-refractivity contribution < 1.29 is 4.79 Å². The summed E-state index contributed by atoms with van der Waals surface area (Å²) in [6.45, 7) is 1.61. The van der Waals surface area contributed by atoms with Crippen molar-refractivity contribution in [3.63, 3.8) is 0 Å². The summed E-state index contributed by atoms with van der Waals surface area (Å²) in [5.41, 5.74) is 0. The number of piperidine rings is 1. The molecule has 1 aromatic heterocycles. The first kappa shape index (κ1) is 12.2. The van der Waals surface area contributed by atoms with Crippen molar-refractivity contribution >= 4 is 6.03 Å². The van der Waals surface area contributed by atoms with Crippen molar-refractivity contribution in [1.29, 1.82) is 0 Å².